The van der Waals surface area contributed by atoms with Gasteiger partial charge in [-0.2, -0.15) is 0 Å². The Hall–Kier alpha value is -0.0400. The minimum atomic E-state index is 0.466. The van der Waals surface area contributed by atoms with Crippen molar-refractivity contribution >= 4 is 0 Å². The molecule has 0 heterocycles. The van der Waals surface area contributed by atoms with Crippen LogP contribution in [-0.2, 0) is 0 Å². The van der Waals surface area contributed by atoms with Gasteiger partial charge >= 0.3 is 0 Å². The zero-order chi connectivity index (χ0) is 13.6. The minimum absolute atomic E-state index is 0.466. The summed E-state index contributed by atoms with van der Waals surface area (Å²) in [4.78, 5) is 2.46. The molecular weight excluding hydrogens is 206 g/mol. The largest absolute Gasteiger partial charge is 0.304 e. The maximum Gasteiger partial charge on any atom is 0.00355 e. The summed E-state index contributed by atoms with van der Waals surface area (Å²) in [5, 5.41) is 0. The van der Waals surface area contributed by atoms with E-state index in [0.717, 1.165) is 11.8 Å². The van der Waals surface area contributed by atoms with Gasteiger partial charge in [0.25, 0.3) is 0 Å². The molecule has 1 nitrogen and oxygen atoms in total. The summed E-state index contributed by atoms with van der Waals surface area (Å²) in [5.74, 6) is 1.62. The third-order valence-corrected chi connectivity index (χ3v) is 5.06. The smallest absolute Gasteiger partial charge is 0.00355 e. The molecule has 0 spiro atoms. The van der Waals surface area contributed by atoms with Crippen molar-refractivity contribution in [3.8, 4) is 0 Å². The minimum Gasteiger partial charge on any atom is -0.304 e. The van der Waals surface area contributed by atoms with E-state index in [9.17, 15) is 0 Å². The molecule has 0 radical (unpaired) electrons. The molecule has 104 valence electrons. The summed E-state index contributed by atoms with van der Waals surface area (Å²) in [5.41, 5.74) is 0.466. The summed E-state index contributed by atoms with van der Waals surface area (Å²) in [6, 6.07) is 0.665. The third-order valence-electron chi connectivity index (χ3n) is 5.06. The highest BCUT2D eigenvalue weighted by Crippen LogP contribution is 2.39. The van der Waals surface area contributed by atoms with Crippen molar-refractivity contribution in [1.29, 1.82) is 0 Å². The van der Waals surface area contributed by atoms with Crippen molar-refractivity contribution in [1.82, 2.24) is 4.90 Å². The molecule has 0 amide bonds. The van der Waals surface area contributed by atoms with Crippen LogP contribution in [0, 0.1) is 17.3 Å². The summed E-state index contributed by atoms with van der Waals surface area (Å²) < 4.78 is 0. The number of hydrogen-bond donors (Lipinski definition) is 0. The van der Waals surface area contributed by atoms with Crippen molar-refractivity contribution in [2.45, 2.75) is 73.8 Å². The van der Waals surface area contributed by atoms with E-state index in [1.807, 2.05) is 0 Å². The average Bonchev–Trinajstić information content (AvgIpc) is 2.25. The number of rotatable bonds is 8. The Balaban J connectivity index is 4.24. The molecule has 0 N–H and O–H groups in total. The lowest BCUT2D eigenvalue weighted by molar-refractivity contribution is 0.110. The molecule has 0 saturated carbocycles. The Morgan fingerprint density at radius 1 is 0.941 bits per heavy atom. The normalized spacial score (nSPS) is 16.6. The lowest BCUT2D eigenvalue weighted by atomic mass is 9.68. The molecule has 0 saturated heterocycles. The molecule has 0 aliphatic heterocycles. The van der Waals surface area contributed by atoms with Crippen molar-refractivity contribution in [3.63, 3.8) is 0 Å². The fraction of sp³-hybridized carbons (Fsp3) is 1.00. The molecule has 0 bridgehead atoms. The fourth-order valence-electron chi connectivity index (χ4n) is 2.32. The molecule has 0 aliphatic carbocycles. The maximum absolute atomic E-state index is 2.46. The molecule has 0 aromatic heterocycles. The van der Waals surface area contributed by atoms with Crippen molar-refractivity contribution in [3.05, 3.63) is 0 Å². The van der Waals surface area contributed by atoms with E-state index in [4.69, 9.17) is 0 Å². The number of hydrogen-bond acceptors (Lipinski definition) is 1. The third kappa shape index (κ3) is 5.42. The molecule has 0 aliphatic rings. The predicted octanol–water partition coefficient (Wildman–Crippen LogP) is 4.82. The topological polar surface area (TPSA) is 3.24 Å². The Kier molecular flexibility index (Phi) is 7.39. The standard InChI is InChI=1S/C16H35N/c1-9-10-14(4)16(6,7)15(5)11-12-17(8)13(2)3/h13-15H,9-12H2,1-8H3. The zero-order valence-corrected chi connectivity index (χ0v) is 13.5. The summed E-state index contributed by atoms with van der Waals surface area (Å²) in [7, 11) is 2.24. The van der Waals surface area contributed by atoms with Crippen LogP contribution < -0.4 is 0 Å². The van der Waals surface area contributed by atoms with Gasteiger partial charge in [0.05, 0.1) is 0 Å². The van der Waals surface area contributed by atoms with Crippen LogP contribution in [0.25, 0.3) is 0 Å². The molecule has 1 heteroatoms. The van der Waals surface area contributed by atoms with Gasteiger partial charge in [-0.1, -0.05) is 47.5 Å². The Morgan fingerprint density at radius 3 is 1.82 bits per heavy atom. The van der Waals surface area contributed by atoms with Gasteiger partial charge in [0.15, 0.2) is 0 Å². The first-order valence-electron chi connectivity index (χ1n) is 7.43. The first-order valence-corrected chi connectivity index (χ1v) is 7.43. The van der Waals surface area contributed by atoms with Crippen LogP contribution in [0.15, 0.2) is 0 Å². The highest BCUT2D eigenvalue weighted by Gasteiger charge is 2.31. The van der Waals surface area contributed by atoms with Crippen LogP contribution in [0.5, 0.6) is 0 Å². The van der Waals surface area contributed by atoms with Crippen LogP contribution in [0.3, 0.4) is 0 Å². The Labute approximate surface area is 110 Å². The molecule has 2 atom stereocenters. The van der Waals surface area contributed by atoms with E-state index in [-0.39, 0.29) is 0 Å². The van der Waals surface area contributed by atoms with Gasteiger partial charge in [0.2, 0.25) is 0 Å². The van der Waals surface area contributed by atoms with Gasteiger partial charge in [0, 0.05) is 6.04 Å². The van der Waals surface area contributed by atoms with Crippen LogP contribution in [0.1, 0.15) is 67.7 Å². The molecule has 0 aromatic carbocycles. The Morgan fingerprint density at radius 2 is 1.41 bits per heavy atom. The summed E-state index contributed by atoms with van der Waals surface area (Å²) in [6.45, 7) is 17.8. The van der Waals surface area contributed by atoms with E-state index in [0.29, 0.717) is 11.5 Å². The lowest BCUT2D eigenvalue weighted by Gasteiger charge is -2.39. The maximum atomic E-state index is 2.46. The van der Waals surface area contributed by atoms with Crippen LogP contribution in [0.4, 0.5) is 0 Å². The van der Waals surface area contributed by atoms with Gasteiger partial charge in [-0.15, -0.1) is 0 Å². The highest BCUT2D eigenvalue weighted by atomic mass is 15.1. The first-order chi connectivity index (χ1) is 7.73. The van der Waals surface area contributed by atoms with E-state index in [2.05, 4.69) is 60.4 Å². The monoisotopic (exact) mass is 241 g/mol. The van der Waals surface area contributed by atoms with E-state index < -0.39 is 0 Å². The average molecular weight is 241 g/mol. The van der Waals surface area contributed by atoms with Gasteiger partial charge < -0.3 is 4.90 Å². The second kappa shape index (κ2) is 7.41. The Bertz CT molecular complexity index is 196. The molecule has 2 unspecified atom stereocenters. The van der Waals surface area contributed by atoms with E-state index in [1.54, 1.807) is 0 Å². The summed E-state index contributed by atoms with van der Waals surface area (Å²) in [6.07, 6.45) is 3.98. The van der Waals surface area contributed by atoms with Gasteiger partial charge in [-0.05, 0) is 51.1 Å². The number of nitrogens with zero attached hydrogens (tertiary/aromatic N) is 1. The summed E-state index contributed by atoms with van der Waals surface area (Å²) >= 11 is 0. The van der Waals surface area contributed by atoms with Gasteiger partial charge in [-0.3, -0.25) is 0 Å². The second-order valence-corrected chi connectivity index (χ2v) is 6.78. The first kappa shape index (κ1) is 17.0. The van der Waals surface area contributed by atoms with Gasteiger partial charge in [-0.25, -0.2) is 0 Å². The molecular formula is C16H35N. The van der Waals surface area contributed by atoms with Gasteiger partial charge in [0.1, 0.15) is 0 Å². The molecule has 17 heavy (non-hydrogen) atoms. The second-order valence-electron chi connectivity index (χ2n) is 6.78. The molecule has 0 rings (SSSR count). The zero-order valence-electron chi connectivity index (χ0n) is 13.5. The van der Waals surface area contributed by atoms with Crippen LogP contribution in [0.2, 0.25) is 0 Å². The van der Waals surface area contributed by atoms with Crippen LogP contribution >= 0.6 is 0 Å². The predicted molar refractivity (Wildman–Crippen MR) is 79.4 cm³/mol. The molecule has 0 fully saturated rings. The van der Waals surface area contributed by atoms with Crippen molar-refractivity contribution in [2.24, 2.45) is 17.3 Å². The van der Waals surface area contributed by atoms with Crippen LogP contribution in [-0.4, -0.2) is 24.5 Å². The SMILES string of the molecule is CCCC(C)C(C)(C)C(C)CCN(C)C(C)C. The fourth-order valence-corrected chi connectivity index (χ4v) is 2.32. The highest BCUT2D eigenvalue weighted by molar-refractivity contribution is 4.81. The lowest BCUT2D eigenvalue weighted by Crippen LogP contribution is -2.34. The van der Waals surface area contributed by atoms with Crippen molar-refractivity contribution < 1.29 is 0 Å². The van der Waals surface area contributed by atoms with E-state index >= 15 is 0 Å². The quantitative estimate of drug-likeness (QED) is 0.589. The molecule has 0 aromatic rings. The van der Waals surface area contributed by atoms with E-state index in [1.165, 1.54) is 25.8 Å². The van der Waals surface area contributed by atoms with Crippen molar-refractivity contribution in [2.75, 3.05) is 13.6 Å².